The molecule has 0 fully saturated rings. The van der Waals surface area contributed by atoms with Crippen LogP contribution in [-0.4, -0.2) is 12.0 Å². The first-order chi connectivity index (χ1) is 13.6. The van der Waals surface area contributed by atoms with Crippen LogP contribution in [0.3, 0.4) is 0 Å². The van der Waals surface area contributed by atoms with Gasteiger partial charge in [0.25, 0.3) is 5.91 Å². The summed E-state index contributed by atoms with van der Waals surface area (Å²) in [7, 11) is 0. The van der Waals surface area contributed by atoms with E-state index in [0.717, 1.165) is 16.9 Å². The minimum Gasteiger partial charge on any atom is -0.379 e. The van der Waals surface area contributed by atoms with E-state index < -0.39 is 6.10 Å². The van der Waals surface area contributed by atoms with Gasteiger partial charge < -0.3 is 15.4 Å². The first-order valence-electron chi connectivity index (χ1n) is 9.50. The highest BCUT2D eigenvalue weighted by Crippen LogP contribution is 2.21. The molecular weight excluding hydrogens is 348 g/mol. The SMILES string of the molecule is CC(OCc1ccccc1)C(=O)Nc1ccc(NC(C)c2ccccc2)cc1. The van der Waals surface area contributed by atoms with Crippen molar-refractivity contribution in [3.63, 3.8) is 0 Å². The standard InChI is InChI=1S/C24H26N2O2/c1-18(21-11-7-4-8-12-21)25-22-13-15-23(16-14-22)26-24(27)19(2)28-17-20-9-5-3-6-10-20/h3-16,18-19,25H,17H2,1-2H3,(H,26,27). The number of carbonyl (C=O) groups is 1. The highest BCUT2D eigenvalue weighted by atomic mass is 16.5. The molecule has 3 rings (SSSR count). The molecule has 2 N–H and O–H groups in total. The predicted molar refractivity (Wildman–Crippen MR) is 114 cm³/mol. The lowest BCUT2D eigenvalue weighted by Crippen LogP contribution is -2.27. The fourth-order valence-corrected chi connectivity index (χ4v) is 2.84. The van der Waals surface area contributed by atoms with E-state index in [9.17, 15) is 4.79 Å². The highest BCUT2D eigenvalue weighted by Gasteiger charge is 2.14. The number of hydrogen-bond donors (Lipinski definition) is 2. The number of rotatable bonds is 8. The van der Waals surface area contributed by atoms with Crippen LogP contribution in [-0.2, 0) is 16.1 Å². The average molecular weight is 374 g/mol. The maximum Gasteiger partial charge on any atom is 0.253 e. The minimum atomic E-state index is -0.531. The Bertz CT molecular complexity index is 864. The summed E-state index contributed by atoms with van der Waals surface area (Å²) in [5.41, 5.74) is 4.02. The van der Waals surface area contributed by atoms with Crippen LogP contribution in [0.4, 0.5) is 11.4 Å². The van der Waals surface area contributed by atoms with Gasteiger partial charge >= 0.3 is 0 Å². The smallest absolute Gasteiger partial charge is 0.253 e. The second kappa shape index (κ2) is 9.72. The van der Waals surface area contributed by atoms with Gasteiger partial charge in [-0.25, -0.2) is 0 Å². The van der Waals surface area contributed by atoms with Gasteiger partial charge in [0.2, 0.25) is 0 Å². The Morgan fingerprint density at radius 1 is 0.821 bits per heavy atom. The van der Waals surface area contributed by atoms with Gasteiger partial charge in [-0.3, -0.25) is 4.79 Å². The molecule has 0 bridgehead atoms. The molecule has 0 aliphatic heterocycles. The summed E-state index contributed by atoms with van der Waals surface area (Å²) in [6, 6.07) is 28.0. The number of hydrogen-bond acceptors (Lipinski definition) is 3. The largest absolute Gasteiger partial charge is 0.379 e. The Morgan fingerprint density at radius 3 is 2.04 bits per heavy atom. The Kier molecular flexibility index (Phi) is 6.82. The van der Waals surface area contributed by atoms with Crippen LogP contribution in [0.5, 0.6) is 0 Å². The van der Waals surface area contributed by atoms with E-state index in [1.807, 2.05) is 72.8 Å². The van der Waals surface area contributed by atoms with E-state index in [0.29, 0.717) is 6.61 Å². The molecule has 0 spiro atoms. The van der Waals surface area contributed by atoms with Crippen molar-refractivity contribution in [2.75, 3.05) is 10.6 Å². The van der Waals surface area contributed by atoms with Crippen LogP contribution in [0.15, 0.2) is 84.9 Å². The van der Waals surface area contributed by atoms with Crippen LogP contribution >= 0.6 is 0 Å². The minimum absolute atomic E-state index is 0.158. The molecule has 2 atom stereocenters. The monoisotopic (exact) mass is 374 g/mol. The van der Waals surface area contributed by atoms with E-state index in [1.54, 1.807) is 6.92 Å². The third-order valence-corrected chi connectivity index (χ3v) is 4.55. The zero-order valence-electron chi connectivity index (χ0n) is 16.3. The lowest BCUT2D eigenvalue weighted by Gasteiger charge is -2.17. The molecule has 0 aliphatic carbocycles. The van der Waals surface area contributed by atoms with Crippen LogP contribution in [0.1, 0.15) is 31.0 Å². The molecule has 4 nitrogen and oxygen atoms in total. The fourth-order valence-electron chi connectivity index (χ4n) is 2.84. The van der Waals surface area contributed by atoms with Crippen molar-refractivity contribution in [3.8, 4) is 0 Å². The molecule has 28 heavy (non-hydrogen) atoms. The highest BCUT2D eigenvalue weighted by molar-refractivity contribution is 5.94. The molecule has 3 aromatic carbocycles. The summed E-state index contributed by atoms with van der Waals surface area (Å²) in [4.78, 5) is 12.3. The van der Waals surface area contributed by atoms with E-state index in [1.165, 1.54) is 5.56 Å². The summed E-state index contributed by atoms with van der Waals surface area (Å²) in [6.07, 6.45) is -0.531. The van der Waals surface area contributed by atoms with Crippen molar-refractivity contribution in [1.29, 1.82) is 0 Å². The van der Waals surface area contributed by atoms with Gasteiger partial charge in [-0.1, -0.05) is 60.7 Å². The number of anilines is 2. The lowest BCUT2D eigenvalue weighted by atomic mass is 10.1. The van der Waals surface area contributed by atoms with Gasteiger partial charge in [-0.05, 0) is 49.2 Å². The van der Waals surface area contributed by atoms with Crippen molar-refractivity contribution < 1.29 is 9.53 Å². The number of nitrogens with one attached hydrogen (secondary N) is 2. The third kappa shape index (κ3) is 5.69. The number of ether oxygens (including phenoxy) is 1. The second-order valence-corrected chi connectivity index (χ2v) is 6.78. The van der Waals surface area contributed by atoms with Crippen molar-refractivity contribution in [3.05, 3.63) is 96.1 Å². The molecule has 0 aliphatic rings. The van der Waals surface area contributed by atoms with Gasteiger partial charge in [0.05, 0.1) is 6.61 Å². The topological polar surface area (TPSA) is 50.4 Å². The lowest BCUT2D eigenvalue weighted by molar-refractivity contribution is -0.127. The average Bonchev–Trinajstić information content (AvgIpc) is 2.74. The number of carbonyl (C=O) groups excluding carboxylic acids is 1. The molecule has 1 amide bonds. The van der Waals surface area contributed by atoms with E-state index in [4.69, 9.17) is 4.74 Å². The van der Waals surface area contributed by atoms with E-state index in [-0.39, 0.29) is 11.9 Å². The molecule has 144 valence electrons. The Labute approximate surface area is 166 Å². The molecule has 0 aromatic heterocycles. The molecule has 0 saturated carbocycles. The molecular formula is C24H26N2O2. The Morgan fingerprint density at radius 2 is 1.39 bits per heavy atom. The summed E-state index contributed by atoms with van der Waals surface area (Å²) < 4.78 is 5.66. The van der Waals surface area contributed by atoms with Crippen molar-refractivity contribution >= 4 is 17.3 Å². The number of benzene rings is 3. The maximum atomic E-state index is 12.3. The van der Waals surface area contributed by atoms with Crippen molar-refractivity contribution in [1.82, 2.24) is 0 Å². The Balaban J connectivity index is 1.49. The van der Waals surface area contributed by atoms with E-state index in [2.05, 4.69) is 29.7 Å². The zero-order valence-corrected chi connectivity index (χ0v) is 16.3. The van der Waals surface area contributed by atoms with Gasteiger partial charge in [-0.15, -0.1) is 0 Å². The molecule has 0 heterocycles. The van der Waals surface area contributed by atoms with Crippen molar-refractivity contribution in [2.45, 2.75) is 32.6 Å². The second-order valence-electron chi connectivity index (χ2n) is 6.78. The van der Waals surface area contributed by atoms with Crippen LogP contribution in [0.2, 0.25) is 0 Å². The van der Waals surface area contributed by atoms with Crippen LogP contribution in [0, 0.1) is 0 Å². The summed E-state index contributed by atoms with van der Waals surface area (Å²) in [6.45, 7) is 4.29. The summed E-state index contributed by atoms with van der Waals surface area (Å²) in [5.74, 6) is -0.158. The maximum absolute atomic E-state index is 12.3. The van der Waals surface area contributed by atoms with Gasteiger partial charge in [0.1, 0.15) is 6.10 Å². The molecule has 0 saturated heterocycles. The van der Waals surface area contributed by atoms with Crippen molar-refractivity contribution in [2.24, 2.45) is 0 Å². The van der Waals surface area contributed by atoms with Gasteiger partial charge in [0.15, 0.2) is 0 Å². The Hall–Kier alpha value is -3.11. The molecule has 0 radical (unpaired) electrons. The van der Waals surface area contributed by atoms with Crippen LogP contribution < -0.4 is 10.6 Å². The summed E-state index contributed by atoms with van der Waals surface area (Å²) in [5, 5.41) is 6.36. The predicted octanol–water partition coefficient (Wildman–Crippen LogP) is 5.40. The zero-order chi connectivity index (χ0) is 19.8. The molecule has 2 unspecified atom stereocenters. The summed E-state index contributed by atoms with van der Waals surface area (Å²) >= 11 is 0. The van der Waals surface area contributed by atoms with Crippen LogP contribution in [0.25, 0.3) is 0 Å². The van der Waals surface area contributed by atoms with Gasteiger partial charge in [-0.2, -0.15) is 0 Å². The first-order valence-corrected chi connectivity index (χ1v) is 9.50. The normalized spacial score (nSPS) is 12.8. The number of amides is 1. The molecule has 3 aromatic rings. The quantitative estimate of drug-likeness (QED) is 0.555. The molecule has 4 heteroatoms. The first kappa shape index (κ1) is 19.6. The third-order valence-electron chi connectivity index (χ3n) is 4.55. The van der Waals surface area contributed by atoms with Gasteiger partial charge in [0, 0.05) is 17.4 Å². The fraction of sp³-hybridized carbons (Fsp3) is 0.208. The van der Waals surface area contributed by atoms with E-state index >= 15 is 0 Å².